The van der Waals surface area contributed by atoms with Crippen molar-refractivity contribution >= 4 is 15.8 Å². The normalized spacial score (nSPS) is 16.6. The average molecular weight is 244 g/mol. The van der Waals surface area contributed by atoms with Crippen LogP contribution in [0, 0.1) is 5.92 Å². The van der Waals surface area contributed by atoms with Gasteiger partial charge >= 0.3 is 0 Å². The van der Waals surface area contributed by atoms with Crippen molar-refractivity contribution in [2.24, 2.45) is 13.0 Å². The van der Waals surface area contributed by atoms with E-state index in [0.717, 1.165) is 6.42 Å². The zero-order valence-electron chi connectivity index (χ0n) is 9.18. The maximum Gasteiger partial charge on any atom is 0.245 e. The lowest BCUT2D eigenvalue weighted by Gasteiger charge is -2.04. The molecular formula is C9H16N4O2S. The van der Waals surface area contributed by atoms with Gasteiger partial charge in [0.25, 0.3) is 0 Å². The summed E-state index contributed by atoms with van der Waals surface area (Å²) in [6, 6.07) is 0. The number of nitrogens with zero attached hydrogens (tertiary/aromatic N) is 2. The molecule has 1 aromatic rings. The van der Waals surface area contributed by atoms with Crippen molar-refractivity contribution in [1.82, 2.24) is 14.5 Å². The van der Waals surface area contributed by atoms with Crippen molar-refractivity contribution < 1.29 is 8.42 Å². The lowest BCUT2D eigenvalue weighted by Crippen LogP contribution is -2.25. The Labute approximate surface area is 94.9 Å². The molecule has 1 aliphatic rings. The van der Waals surface area contributed by atoms with Gasteiger partial charge in [-0.2, -0.15) is 5.10 Å². The summed E-state index contributed by atoms with van der Waals surface area (Å²) in [6.45, 7) is 0.474. The van der Waals surface area contributed by atoms with Crippen LogP contribution in [0.3, 0.4) is 0 Å². The van der Waals surface area contributed by atoms with E-state index in [1.807, 2.05) is 0 Å². The molecule has 0 aliphatic heterocycles. The maximum absolute atomic E-state index is 11.8. The zero-order valence-corrected chi connectivity index (χ0v) is 10.00. The minimum absolute atomic E-state index is 0.0430. The highest BCUT2D eigenvalue weighted by atomic mass is 32.2. The lowest BCUT2D eigenvalue weighted by atomic mass is 10.3. The number of nitrogens with two attached hydrogens (primary N) is 1. The van der Waals surface area contributed by atoms with Gasteiger partial charge in [-0.25, -0.2) is 13.1 Å². The zero-order chi connectivity index (χ0) is 11.8. The van der Waals surface area contributed by atoms with Gasteiger partial charge in [-0.1, -0.05) is 12.8 Å². The molecule has 0 atom stereocenters. The third kappa shape index (κ3) is 2.53. The molecule has 0 spiro atoms. The van der Waals surface area contributed by atoms with Crippen LogP contribution in [0.25, 0.3) is 0 Å². The maximum atomic E-state index is 11.8. The Bertz CT molecular complexity index is 476. The minimum atomic E-state index is -3.50. The van der Waals surface area contributed by atoms with E-state index in [1.54, 1.807) is 7.05 Å². The molecule has 1 saturated carbocycles. The summed E-state index contributed by atoms with van der Waals surface area (Å²) in [5.41, 5.74) is 5.52. The van der Waals surface area contributed by atoms with Crippen molar-refractivity contribution in [2.45, 2.75) is 24.2 Å². The van der Waals surface area contributed by atoms with Crippen molar-refractivity contribution in [1.29, 1.82) is 0 Å². The number of sulfonamides is 1. The summed E-state index contributed by atoms with van der Waals surface area (Å²) in [5.74, 6) is 0.746. The van der Waals surface area contributed by atoms with E-state index in [1.165, 1.54) is 23.7 Å². The number of nitrogens with one attached hydrogen (secondary N) is 1. The molecule has 3 N–H and O–H groups in total. The second kappa shape index (κ2) is 4.06. The molecule has 0 saturated heterocycles. The first-order valence-electron chi connectivity index (χ1n) is 5.28. The second-order valence-corrected chi connectivity index (χ2v) is 5.92. The smallest absolute Gasteiger partial charge is 0.245 e. The predicted octanol–water partition coefficient (Wildman–Crippen LogP) is 0.0807. The molecule has 0 unspecified atom stereocenters. The van der Waals surface area contributed by atoms with Crippen LogP contribution >= 0.6 is 0 Å². The summed E-state index contributed by atoms with van der Waals surface area (Å²) in [4.78, 5) is 0.0609. The van der Waals surface area contributed by atoms with E-state index in [0.29, 0.717) is 12.5 Å². The first kappa shape index (κ1) is 11.4. The molecule has 90 valence electrons. The number of hydrogen-bond donors (Lipinski definition) is 2. The van der Waals surface area contributed by atoms with Crippen LogP contribution in [-0.2, 0) is 17.1 Å². The number of aryl methyl sites for hydroxylation is 1. The Hall–Kier alpha value is -1.08. The van der Waals surface area contributed by atoms with Gasteiger partial charge in [-0.15, -0.1) is 0 Å². The highest BCUT2D eigenvalue weighted by molar-refractivity contribution is 7.89. The molecule has 0 amide bonds. The van der Waals surface area contributed by atoms with E-state index >= 15 is 0 Å². The van der Waals surface area contributed by atoms with Crippen LogP contribution in [0.1, 0.15) is 19.3 Å². The molecule has 0 bridgehead atoms. The fraction of sp³-hybridized carbons (Fsp3) is 0.667. The van der Waals surface area contributed by atoms with Gasteiger partial charge in [-0.3, -0.25) is 4.68 Å². The Morgan fingerprint density at radius 2 is 2.31 bits per heavy atom. The highest BCUT2D eigenvalue weighted by Crippen LogP contribution is 2.31. The summed E-state index contributed by atoms with van der Waals surface area (Å²) < 4.78 is 27.6. The molecule has 16 heavy (non-hydrogen) atoms. The van der Waals surface area contributed by atoms with Crippen molar-refractivity contribution in [3.63, 3.8) is 0 Å². The standard InChI is InChI=1S/C9H16N4O2S/c1-13-6-8(9(10)12-13)16(14,15)11-5-4-7-2-3-7/h6-7,11H,2-5H2,1H3,(H2,10,12). The molecule has 7 heteroatoms. The van der Waals surface area contributed by atoms with Gasteiger partial charge in [0, 0.05) is 19.8 Å². The Morgan fingerprint density at radius 3 is 2.81 bits per heavy atom. The summed E-state index contributed by atoms with van der Waals surface area (Å²) in [6.07, 6.45) is 4.75. The fourth-order valence-corrected chi connectivity index (χ4v) is 2.72. The van der Waals surface area contributed by atoms with E-state index in [2.05, 4.69) is 9.82 Å². The second-order valence-electron chi connectivity index (χ2n) is 4.18. The van der Waals surface area contributed by atoms with Gasteiger partial charge in [0.05, 0.1) is 0 Å². The Balaban J connectivity index is 2.02. The molecule has 1 fully saturated rings. The first-order chi connectivity index (χ1) is 7.49. The monoisotopic (exact) mass is 244 g/mol. The molecule has 1 aliphatic carbocycles. The van der Waals surface area contributed by atoms with E-state index in [-0.39, 0.29) is 10.7 Å². The quantitative estimate of drug-likeness (QED) is 0.767. The first-order valence-corrected chi connectivity index (χ1v) is 6.76. The Kier molecular flexibility index (Phi) is 2.90. The van der Waals surface area contributed by atoms with Gasteiger partial charge < -0.3 is 5.73 Å². The van der Waals surface area contributed by atoms with E-state index < -0.39 is 10.0 Å². The van der Waals surface area contributed by atoms with Gasteiger partial charge in [0.1, 0.15) is 4.90 Å². The van der Waals surface area contributed by atoms with E-state index in [4.69, 9.17) is 5.73 Å². The number of hydrogen-bond acceptors (Lipinski definition) is 4. The lowest BCUT2D eigenvalue weighted by molar-refractivity contribution is 0.575. The summed E-state index contributed by atoms with van der Waals surface area (Å²) in [7, 11) is -1.86. The van der Waals surface area contributed by atoms with Crippen LogP contribution in [0.15, 0.2) is 11.1 Å². The van der Waals surface area contributed by atoms with Crippen LogP contribution in [0.4, 0.5) is 5.82 Å². The molecule has 1 heterocycles. The van der Waals surface area contributed by atoms with E-state index in [9.17, 15) is 8.42 Å². The number of rotatable bonds is 5. The SMILES string of the molecule is Cn1cc(S(=O)(=O)NCCC2CC2)c(N)n1. The van der Waals surface area contributed by atoms with Gasteiger partial charge in [-0.05, 0) is 12.3 Å². The highest BCUT2D eigenvalue weighted by Gasteiger charge is 2.23. The van der Waals surface area contributed by atoms with Crippen molar-refractivity contribution in [2.75, 3.05) is 12.3 Å². The molecule has 0 aromatic carbocycles. The fourth-order valence-electron chi connectivity index (χ4n) is 1.57. The average Bonchev–Trinajstić information content (AvgIpc) is 2.91. The number of aromatic nitrogens is 2. The topological polar surface area (TPSA) is 90.0 Å². The van der Waals surface area contributed by atoms with Crippen LogP contribution in [-0.4, -0.2) is 24.7 Å². The molecular weight excluding hydrogens is 228 g/mol. The van der Waals surface area contributed by atoms with Crippen molar-refractivity contribution in [3.05, 3.63) is 6.20 Å². The molecule has 0 radical (unpaired) electrons. The van der Waals surface area contributed by atoms with Crippen LogP contribution in [0.2, 0.25) is 0 Å². The summed E-state index contributed by atoms with van der Waals surface area (Å²) in [5, 5.41) is 3.81. The molecule has 2 rings (SSSR count). The van der Waals surface area contributed by atoms with Crippen LogP contribution < -0.4 is 10.5 Å². The summed E-state index contributed by atoms with van der Waals surface area (Å²) >= 11 is 0. The minimum Gasteiger partial charge on any atom is -0.381 e. The van der Waals surface area contributed by atoms with Crippen molar-refractivity contribution in [3.8, 4) is 0 Å². The Morgan fingerprint density at radius 1 is 1.62 bits per heavy atom. The largest absolute Gasteiger partial charge is 0.381 e. The number of nitrogen functional groups attached to an aromatic ring is 1. The third-order valence-corrected chi connectivity index (χ3v) is 4.13. The predicted molar refractivity (Wildman–Crippen MR) is 60.1 cm³/mol. The molecule has 6 nitrogen and oxygen atoms in total. The number of anilines is 1. The van der Waals surface area contributed by atoms with Gasteiger partial charge in [0.15, 0.2) is 5.82 Å². The van der Waals surface area contributed by atoms with Crippen LogP contribution in [0.5, 0.6) is 0 Å². The molecule has 1 aromatic heterocycles. The third-order valence-electron chi connectivity index (χ3n) is 2.65. The van der Waals surface area contributed by atoms with Gasteiger partial charge in [0.2, 0.25) is 10.0 Å².